The molecule has 7 heteroatoms. The molecule has 0 aromatic carbocycles. The third-order valence-electron chi connectivity index (χ3n) is 5.75. The molecule has 2 aromatic heterocycles. The van der Waals surface area contributed by atoms with Crippen molar-refractivity contribution in [1.82, 2.24) is 14.9 Å². The summed E-state index contributed by atoms with van der Waals surface area (Å²) in [5.74, 6) is 1.12. The summed E-state index contributed by atoms with van der Waals surface area (Å²) in [5.41, 5.74) is 2.01. The molecule has 1 aliphatic carbocycles. The van der Waals surface area contributed by atoms with E-state index in [0.29, 0.717) is 32.2 Å². The summed E-state index contributed by atoms with van der Waals surface area (Å²) >= 11 is 1.52. The van der Waals surface area contributed by atoms with Crippen molar-refractivity contribution in [2.24, 2.45) is 0 Å². The van der Waals surface area contributed by atoms with Gasteiger partial charge in [-0.3, -0.25) is 4.79 Å². The topological polar surface area (TPSA) is 64.6 Å². The standard InChI is InChI=1S/C19H23N3O3S/c1-11-14-12(2)20-16(13-3-4-13)21-17(14)26-15(11)18(23)22-7-5-19(6-8-22)24-9-10-25-19/h13H,3-10H2,1-2H3. The van der Waals surface area contributed by atoms with Gasteiger partial charge in [0.15, 0.2) is 5.79 Å². The van der Waals surface area contributed by atoms with Crippen LogP contribution in [0.3, 0.4) is 0 Å². The third kappa shape index (κ3) is 2.64. The normalized spacial score (nSPS) is 22.5. The van der Waals surface area contributed by atoms with Crippen LogP contribution in [0.4, 0.5) is 0 Å². The molecule has 2 saturated heterocycles. The predicted molar refractivity (Wildman–Crippen MR) is 98.6 cm³/mol. The van der Waals surface area contributed by atoms with Crippen LogP contribution in [0.25, 0.3) is 10.2 Å². The Morgan fingerprint density at radius 3 is 2.50 bits per heavy atom. The van der Waals surface area contributed by atoms with Crippen molar-refractivity contribution in [1.29, 1.82) is 0 Å². The predicted octanol–water partition coefficient (Wildman–Crippen LogP) is 3.16. The number of fused-ring (bicyclic) bond motifs is 1. The van der Waals surface area contributed by atoms with E-state index in [1.54, 1.807) is 0 Å². The number of amides is 1. The number of hydrogen-bond donors (Lipinski definition) is 0. The van der Waals surface area contributed by atoms with E-state index in [2.05, 4.69) is 0 Å². The van der Waals surface area contributed by atoms with E-state index < -0.39 is 5.79 Å². The second-order valence-corrected chi connectivity index (χ2v) is 8.58. The van der Waals surface area contributed by atoms with Crippen LogP contribution in [0.5, 0.6) is 0 Å². The summed E-state index contributed by atoms with van der Waals surface area (Å²) in [6.45, 7) is 6.71. The van der Waals surface area contributed by atoms with Gasteiger partial charge in [0.2, 0.25) is 0 Å². The lowest BCUT2D eigenvalue weighted by molar-refractivity contribution is -0.181. The second kappa shape index (κ2) is 5.97. The van der Waals surface area contributed by atoms with Crippen LogP contribution >= 0.6 is 11.3 Å². The molecule has 5 rings (SSSR count). The van der Waals surface area contributed by atoms with Gasteiger partial charge in [-0.1, -0.05) is 0 Å². The maximum absolute atomic E-state index is 13.1. The van der Waals surface area contributed by atoms with Crippen molar-refractivity contribution in [3.8, 4) is 0 Å². The average molecular weight is 373 g/mol. The largest absolute Gasteiger partial charge is 0.347 e. The SMILES string of the molecule is Cc1nc(C2CC2)nc2sc(C(=O)N3CCC4(CC3)OCCO4)c(C)c12. The molecule has 0 N–H and O–H groups in total. The number of carbonyl (C=O) groups is 1. The molecule has 0 bridgehead atoms. The Kier molecular flexibility index (Phi) is 3.81. The van der Waals surface area contributed by atoms with Crippen LogP contribution < -0.4 is 0 Å². The molecule has 1 saturated carbocycles. The molecule has 0 atom stereocenters. The van der Waals surface area contributed by atoms with Crippen molar-refractivity contribution in [2.45, 2.75) is 51.2 Å². The first-order chi connectivity index (χ1) is 12.6. The van der Waals surface area contributed by atoms with Gasteiger partial charge in [-0.05, 0) is 32.3 Å². The molecule has 2 aliphatic heterocycles. The molecular weight excluding hydrogens is 350 g/mol. The highest BCUT2D eigenvalue weighted by Gasteiger charge is 2.41. The first-order valence-electron chi connectivity index (χ1n) is 9.41. The van der Waals surface area contributed by atoms with Gasteiger partial charge in [-0.15, -0.1) is 11.3 Å². The van der Waals surface area contributed by atoms with Gasteiger partial charge >= 0.3 is 0 Å². The summed E-state index contributed by atoms with van der Waals surface area (Å²) < 4.78 is 11.5. The molecular formula is C19H23N3O3S. The Bertz CT molecular complexity index is 874. The summed E-state index contributed by atoms with van der Waals surface area (Å²) in [7, 11) is 0. The molecule has 1 amide bonds. The average Bonchev–Trinajstić information content (AvgIpc) is 3.31. The van der Waals surface area contributed by atoms with Gasteiger partial charge in [0.1, 0.15) is 10.7 Å². The summed E-state index contributed by atoms with van der Waals surface area (Å²) in [6.07, 6.45) is 3.85. The number of ether oxygens (including phenoxy) is 2. The van der Waals surface area contributed by atoms with E-state index in [9.17, 15) is 4.79 Å². The maximum Gasteiger partial charge on any atom is 0.264 e. The Labute approximate surface area is 156 Å². The lowest BCUT2D eigenvalue weighted by atomic mass is 10.0. The molecule has 2 aromatic rings. The van der Waals surface area contributed by atoms with E-state index >= 15 is 0 Å². The van der Waals surface area contributed by atoms with E-state index in [1.165, 1.54) is 24.2 Å². The highest BCUT2D eigenvalue weighted by atomic mass is 32.1. The zero-order valence-electron chi connectivity index (χ0n) is 15.2. The molecule has 0 radical (unpaired) electrons. The van der Waals surface area contributed by atoms with Crippen molar-refractivity contribution in [3.05, 3.63) is 22.0 Å². The molecule has 26 heavy (non-hydrogen) atoms. The number of rotatable bonds is 2. The van der Waals surface area contributed by atoms with Gasteiger partial charge < -0.3 is 14.4 Å². The minimum Gasteiger partial charge on any atom is -0.347 e. The summed E-state index contributed by atoms with van der Waals surface area (Å²) in [6, 6.07) is 0. The molecule has 6 nitrogen and oxygen atoms in total. The minimum absolute atomic E-state index is 0.103. The zero-order valence-corrected chi connectivity index (χ0v) is 16.0. The van der Waals surface area contributed by atoms with E-state index in [4.69, 9.17) is 19.4 Å². The van der Waals surface area contributed by atoms with Crippen molar-refractivity contribution >= 4 is 27.5 Å². The number of likely N-dealkylation sites (tertiary alicyclic amines) is 1. The van der Waals surface area contributed by atoms with Crippen LogP contribution in [0.1, 0.15) is 58.4 Å². The fourth-order valence-electron chi connectivity index (χ4n) is 4.07. The van der Waals surface area contributed by atoms with Crippen molar-refractivity contribution in [3.63, 3.8) is 0 Å². The Balaban J connectivity index is 1.42. The van der Waals surface area contributed by atoms with E-state index in [0.717, 1.165) is 45.0 Å². The second-order valence-electron chi connectivity index (χ2n) is 7.58. The first-order valence-corrected chi connectivity index (χ1v) is 10.2. The lowest BCUT2D eigenvalue weighted by Gasteiger charge is -2.37. The van der Waals surface area contributed by atoms with Gasteiger partial charge in [0, 0.05) is 37.2 Å². The number of aryl methyl sites for hydroxylation is 2. The monoisotopic (exact) mass is 373 g/mol. The summed E-state index contributed by atoms with van der Waals surface area (Å²) in [5, 5.41) is 1.05. The minimum atomic E-state index is -0.451. The van der Waals surface area contributed by atoms with E-state index in [-0.39, 0.29) is 5.91 Å². The Morgan fingerprint density at radius 1 is 1.15 bits per heavy atom. The van der Waals surface area contributed by atoms with Crippen LogP contribution in [-0.4, -0.2) is 52.9 Å². The maximum atomic E-state index is 13.1. The Hall–Kier alpha value is -1.57. The van der Waals surface area contributed by atoms with Crippen LogP contribution in [0.15, 0.2) is 0 Å². The molecule has 1 spiro atoms. The molecule has 0 unspecified atom stereocenters. The molecule has 3 fully saturated rings. The van der Waals surface area contributed by atoms with Gasteiger partial charge in [-0.25, -0.2) is 9.97 Å². The lowest BCUT2D eigenvalue weighted by Crippen LogP contribution is -2.47. The fourth-order valence-corrected chi connectivity index (χ4v) is 5.27. The quantitative estimate of drug-likeness (QED) is 0.809. The third-order valence-corrected chi connectivity index (χ3v) is 6.92. The number of thiophene rings is 1. The summed E-state index contributed by atoms with van der Waals surface area (Å²) in [4.78, 5) is 26.3. The van der Waals surface area contributed by atoms with Gasteiger partial charge in [0.05, 0.1) is 23.8 Å². The molecule has 4 heterocycles. The highest BCUT2D eigenvalue weighted by Crippen LogP contribution is 2.41. The van der Waals surface area contributed by atoms with E-state index in [1.807, 2.05) is 18.7 Å². The highest BCUT2D eigenvalue weighted by molar-refractivity contribution is 7.20. The number of nitrogens with zero attached hydrogens (tertiary/aromatic N) is 3. The number of piperidine rings is 1. The smallest absolute Gasteiger partial charge is 0.264 e. The fraction of sp³-hybridized carbons (Fsp3) is 0.632. The van der Waals surface area contributed by atoms with Crippen LogP contribution in [0.2, 0.25) is 0 Å². The number of hydrogen-bond acceptors (Lipinski definition) is 6. The van der Waals surface area contributed by atoms with Crippen LogP contribution in [-0.2, 0) is 9.47 Å². The molecule has 138 valence electrons. The van der Waals surface area contributed by atoms with Crippen LogP contribution in [0, 0.1) is 13.8 Å². The number of carbonyl (C=O) groups excluding carboxylic acids is 1. The van der Waals surface area contributed by atoms with Gasteiger partial charge in [-0.2, -0.15) is 0 Å². The number of aromatic nitrogens is 2. The first kappa shape index (κ1) is 16.6. The zero-order chi connectivity index (χ0) is 17.9. The van der Waals surface area contributed by atoms with Crippen molar-refractivity contribution in [2.75, 3.05) is 26.3 Å². The van der Waals surface area contributed by atoms with Gasteiger partial charge in [0.25, 0.3) is 5.91 Å². The van der Waals surface area contributed by atoms with Crippen molar-refractivity contribution < 1.29 is 14.3 Å². The Morgan fingerprint density at radius 2 is 1.85 bits per heavy atom. The molecule has 3 aliphatic rings.